The highest BCUT2D eigenvalue weighted by molar-refractivity contribution is 7.17. The number of nitrogens with one attached hydrogen (secondary N) is 1. The number of thiazole rings is 1. The molecule has 27 heavy (non-hydrogen) atoms. The number of amides is 1. The quantitative estimate of drug-likeness (QED) is 0.673. The van der Waals surface area contributed by atoms with Crippen molar-refractivity contribution in [3.05, 3.63) is 59.4 Å². The average molecular weight is 383 g/mol. The zero-order valence-corrected chi connectivity index (χ0v) is 16.2. The number of aromatic nitrogens is 2. The van der Waals surface area contributed by atoms with E-state index in [4.69, 9.17) is 9.47 Å². The van der Waals surface area contributed by atoms with Gasteiger partial charge in [0.05, 0.1) is 18.8 Å². The van der Waals surface area contributed by atoms with Gasteiger partial charge in [0.15, 0.2) is 0 Å². The second-order valence-corrected chi connectivity index (χ2v) is 7.04. The first-order valence-electron chi connectivity index (χ1n) is 8.52. The van der Waals surface area contributed by atoms with Crippen LogP contribution in [0.3, 0.4) is 0 Å². The van der Waals surface area contributed by atoms with Gasteiger partial charge in [-0.1, -0.05) is 0 Å². The molecule has 0 fully saturated rings. The molecule has 0 saturated heterocycles. The highest BCUT2D eigenvalue weighted by Gasteiger charge is 2.18. The maximum atomic E-state index is 12.6. The largest absolute Gasteiger partial charge is 0.497 e. The molecule has 0 unspecified atom stereocenters. The topological polar surface area (TPSA) is 73.3 Å². The van der Waals surface area contributed by atoms with Gasteiger partial charge in [-0.15, -0.1) is 11.3 Å². The van der Waals surface area contributed by atoms with Gasteiger partial charge < -0.3 is 14.8 Å². The summed E-state index contributed by atoms with van der Waals surface area (Å²) < 4.78 is 10.8. The summed E-state index contributed by atoms with van der Waals surface area (Å²) >= 11 is 1.36. The van der Waals surface area contributed by atoms with Gasteiger partial charge in [-0.3, -0.25) is 9.78 Å². The van der Waals surface area contributed by atoms with Crippen LogP contribution in [-0.2, 0) is 0 Å². The van der Waals surface area contributed by atoms with Crippen LogP contribution in [0.2, 0.25) is 0 Å². The minimum Gasteiger partial charge on any atom is -0.497 e. The van der Waals surface area contributed by atoms with Gasteiger partial charge in [0, 0.05) is 18.0 Å². The van der Waals surface area contributed by atoms with Gasteiger partial charge in [0.25, 0.3) is 5.91 Å². The second kappa shape index (κ2) is 8.64. The van der Waals surface area contributed by atoms with Gasteiger partial charge in [-0.25, -0.2) is 4.98 Å². The van der Waals surface area contributed by atoms with Crippen molar-refractivity contribution in [2.75, 3.05) is 13.7 Å². The number of pyridine rings is 1. The summed E-state index contributed by atoms with van der Waals surface area (Å²) in [7, 11) is 1.62. The molecule has 0 saturated carbocycles. The van der Waals surface area contributed by atoms with Crippen LogP contribution in [0.15, 0.2) is 48.8 Å². The van der Waals surface area contributed by atoms with E-state index < -0.39 is 0 Å². The van der Waals surface area contributed by atoms with E-state index in [-0.39, 0.29) is 11.9 Å². The first-order chi connectivity index (χ1) is 13.1. The molecule has 2 aromatic heterocycles. The SMILES string of the molecule is COc1ccc(OC[C@H](C)NC(=O)c2sc(-c3cccnc3)nc2C)cc1. The fourth-order valence-corrected chi connectivity index (χ4v) is 3.40. The predicted molar refractivity (Wildman–Crippen MR) is 105 cm³/mol. The minimum atomic E-state index is -0.150. The van der Waals surface area contributed by atoms with E-state index in [2.05, 4.69) is 15.3 Å². The number of ether oxygens (including phenoxy) is 2. The molecule has 1 aromatic carbocycles. The smallest absolute Gasteiger partial charge is 0.263 e. The van der Waals surface area contributed by atoms with Gasteiger partial charge in [0.1, 0.15) is 28.0 Å². The molecule has 0 radical (unpaired) electrons. The van der Waals surface area contributed by atoms with Crippen LogP contribution in [0.25, 0.3) is 10.6 Å². The van der Waals surface area contributed by atoms with Crippen LogP contribution in [0, 0.1) is 6.92 Å². The van der Waals surface area contributed by atoms with Gasteiger partial charge in [0.2, 0.25) is 0 Å². The molecule has 3 aromatic rings. The molecule has 0 bridgehead atoms. The third-order valence-corrected chi connectivity index (χ3v) is 5.05. The Morgan fingerprint density at radius 3 is 2.63 bits per heavy atom. The maximum Gasteiger partial charge on any atom is 0.263 e. The normalized spacial score (nSPS) is 11.7. The lowest BCUT2D eigenvalue weighted by atomic mass is 10.3. The van der Waals surface area contributed by atoms with Crippen LogP contribution in [0.4, 0.5) is 0 Å². The molecule has 1 atom stereocenters. The second-order valence-electron chi connectivity index (χ2n) is 6.04. The Morgan fingerprint density at radius 2 is 1.96 bits per heavy atom. The Morgan fingerprint density at radius 1 is 1.22 bits per heavy atom. The van der Waals surface area contributed by atoms with E-state index in [0.717, 1.165) is 22.1 Å². The molecule has 0 aliphatic heterocycles. The predicted octanol–water partition coefficient (Wildman–Crippen LogP) is 3.72. The van der Waals surface area contributed by atoms with Crippen molar-refractivity contribution in [2.24, 2.45) is 0 Å². The zero-order valence-electron chi connectivity index (χ0n) is 15.4. The molecular weight excluding hydrogens is 362 g/mol. The Bertz CT molecular complexity index is 895. The molecule has 2 heterocycles. The van der Waals surface area contributed by atoms with E-state index in [0.29, 0.717) is 17.2 Å². The highest BCUT2D eigenvalue weighted by Crippen LogP contribution is 2.27. The molecule has 0 aliphatic rings. The fourth-order valence-electron chi connectivity index (χ4n) is 2.44. The maximum absolute atomic E-state index is 12.6. The van der Waals surface area contributed by atoms with Gasteiger partial charge >= 0.3 is 0 Å². The van der Waals surface area contributed by atoms with Crippen LogP contribution in [-0.4, -0.2) is 35.6 Å². The Hall–Kier alpha value is -2.93. The van der Waals surface area contributed by atoms with Crippen molar-refractivity contribution in [2.45, 2.75) is 19.9 Å². The van der Waals surface area contributed by atoms with Crippen molar-refractivity contribution >= 4 is 17.2 Å². The summed E-state index contributed by atoms with van der Waals surface area (Å²) in [5.74, 6) is 1.35. The standard InChI is InChI=1S/C20H21N3O3S/c1-13(12-26-17-8-6-16(25-3)7-9-17)22-19(24)18-14(2)23-20(27-18)15-5-4-10-21-11-15/h4-11,13H,12H2,1-3H3,(H,22,24)/t13-/m0/s1. The number of methoxy groups -OCH3 is 1. The lowest BCUT2D eigenvalue weighted by molar-refractivity contribution is 0.0930. The first kappa shape index (κ1) is 18.8. The van der Waals surface area contributed by atoms with Gasteiger partial charge in [-0.2, -0.15) is 0 Å². The van der Waals surface area contributed by atoms with Crippen molar-refractivity contribution in [1.29, 1.82) is 0 Å². The van der Waals surface area contributed by atoms with Crippen LogP contribution >= 0.6 is 11.3 Å². The molecular formula is C20H21N3O3S. The molecule has 7 heteroatoms. The van der Waals surface area contributed by atoms with Crippen LogP contribution < -0.4 is 14.8 Å². The number of benzene rings is 1. The van der Waals surface area contributed by atoms with Crippen molar-refractivity contribution in [1.82, 2.24) is 15.3 Å². The van der Waals surface area contributed by atoms with Gasteiger partial charge in [-0.05, 0) is 50.2 Å². The number of carbonyl (C=O) groups excluding carboxylic acids is 1. The van der Waals surface area contributed by atoms with E-state index in [1.165, 1.54) is 11.3 Å². The lowest BCUT2D eigenvalue weighted by Gasteiger charge is -2.15. The first-order valence-corrected chi connectivity index (χ1v) is 9.34. The summed E-state index contributed by atoms with van der Waals surface area (Å²) in [5, 5.41) is 3.75. The minimum absolute atomic E-state index is 0.147. The molecule has 0 spiro atoms. The molecule has 1 N–H and O–H groups in total. The molecule has 3 rings (SSSR count). The Kier molecular flexibility index (Phi) is 6.03. The summed E-state index contributed by atoms with van der Waals surface area (Å²) in [4.78, 5) is 21.8. The van der Waals surface area contributed by atoms with E-state index in [1.807, 2.05) is 50.2 Å². The number of aryl methyl sites for hydroxylation is 1. The van der Waals surface area contributed by atoms with Crippen LogP contribution in [0.1, 0.15) is 22.3 Å². The fraction of sp³-hybridized carbons (Fsp3) is 0.250. The number of nitrogens with zero attached hydrogens (tertiary/aromatic N) is 2. The summed E-state index contributed by atoms with van der Waals surface area (Å²) in [5.41, 5.74) is 1.61. The third-order valence-electron chi connectivity index (χ3n) is 3.85. The van der Waals surface area contributed by atoms with Crippen molar-refractivity contribution in [3.8, 4) is 22.1 Å². The molecule has 6 nitrogen and oxygen atoms in total. The monoisotopic (exact) mass is 383 g/mol. The average Bonchev–Trinajstić information content (AvgIpc) is 3.09. The number of hydrogen-bond donors (Lipinski definition) is 1. The van der Waals surface area contributed by atoms with Crippen LogP contribution in [0.5, 0.6) is 11.5 Å². The van der Waals surface area contributed by atoms with E-state index >= 15 is 0 Å². The van der Waals surface area contributed by atoms with E-state index in [9.17, 15) is 4.79 Å². The van der Waals surface area contributed by atoms with Crippen molar-refractivity contribution in [3.63, 3.8) is 0 Å². The number of carbonyl (C=O) groups is 1. The molecule has 140 valence electrons. The number of hydrogen-bond acceptors (Lipinski definition) is 6. The highest BCUT2D eigenvalue weighted by atomic mass is 32.1. The molecule has 0 aliphatic carbocycles. The number of rotatable bonds is 7. The van der Waals surface area contributed by atoms with Crippen molar-refractivity contribution < 1.29 is 14.3 Å². The summed E-state index contributed by atoms with van der Waals surface area (Å²) in [6, 6.07) is 11.0. The molecule has 1 amide bonds. The van der Waals surface area contributed by atoms with E-state index in [1.54, 1.807) is 19.5 Å². The Balaban J connectivity index is 1.58. The lowest BCUT2D eigenvalue weighted by Crippen LogP contribution is -2.36. The third kappa shape index (κ3) is 4.83. The Labute approximate surface area is 162 Å². The summed E-state index contributed by atoms with van der Waals surface area (Å²) in [6.45, 7) is 4.11. The zero-order chi connectivity index (χ0) is 19.2. The summed E-state index contributed by atoms with van der Waals surface area (Å²) in [6.07, 6.45) is 3.45.